The zero-order valence-corrected chi connectivity index (χ0v) is 15.4. The average molecular weight is 380 g/mol. The lowest BCUT2D eigenvalue weighted by atomic mass is 10.1. The van der Waals surface area contributed by atoms with Gasteiger partial charge in [-0.25, -0.2) is 38.9 Å². The van der Waals surface area contributed by atoms with Gasteiger partial charge < -0.3 is 4.74 Å². The third-order valence-corrected chi connectivity index (χ3v) is 3.16. The molecule has 10 nitrogen and oxygen atoms in total. The Balaban J connectivity index is 0. The number of rotatable bonds is 14. The highest BCUT2D eigenvalue weighted by Crippen LogP contribution is 2.06. The van der Waals surface area contributed by atoms with Gasteiger partial charge in [-0.15, -0.1) is 0 Å². The first kappa shape index (κ1) is 26.2. The molecule has 0 aromatic rings. The highest BCUT2D eigenvalue weighted by molar-refractivity contribution is 5.76. The van der Waals surface area contributed by atoms with Crippen molar-refractivity contribution in [1.82, 2.24) is 0 Å². The van der Waals surface area contributed by atoms with Crippen LogP contribution < -0.4 is 0 Å². The van der Waals surface area contributed by atoms with Crippen LogP contribution in [-0.4, -0.2) is 63.1 Å². The van der Waals surface area contributed by atoms with Gasteiger partial charge >= 0.3 is 5.97 Å². The van der Waals surface area contributed by atoms with Gasteiger partial charge in [0.15, 0.2) is 6.04 Å². The highest BCUT2D eigenvalue weighted by Gasteiger charge is 2.17. The van der Waals surface area contributed by atoms with Crippen LogP contribution in [0.1, 0.15) is 44.9 Å². The molecule has 0 fully saturated rings. The minimum absolute atomic E-state index is 0.363. The molecule has 0 heterocycles. The van der Waals surface area contributed by atoms with Crippen LogP contribution in [0.5, 0.6) is 0 Å². The lowest BCUT2D eigenvalue weighted by Gasteiger charge is -2.06. The van der Waals surface area contributed by atoms with Gasteiger partial charge in [0, 0.05) is 0 Å². The molecule has 148 valence electrons. The minimum atomic E-state index is -0.798. The number of hydrogen-bond donors (Lipinski definition) is 0. The van der Waals surface area contributed by atoms with E-state index in [1.165, 1.54) is 31.4 Å². The Kier molecular flexibility index (Phi) is 22.3. The topological polar surface area (TPSA) is 144 Å². The number of carbonyl (C=O) groups is 1. The second kappa shape index (κ2) is 23.0. The lowest BCUT2D eigenvalue weighted by Crippen LogP contribution is -2.20. The van der Waals surface area contributed by atoms with Gasteiger partial charge in [0.1, 0.15) is 0 Å². The van der Waals surface area contributed by atoms with Crippen molar-refractivity contribution in [3.63, 3.8) is 0 Å². The summed E-state index contributed by atoms with van der Waals surface area (Å²) in [5.74, 6) is -0.558. The second-order valence-corrected chi connectivity index (χ2v) is 5.09. The molecule has 0 N–H and O–H groups in total. The molecule has 0 aliphatic rings. The molecule has 1 unspecified atom stereocenters. The van der Waals surface area contributed by atoms with Crippen LogP contribution in [-0.2, 0) is 28.7 Å². The molecule has 0 aliphatic carbocycles. The molecule has 10 heteroatoms. The van der Waals surface area contributed by atoms with Crippen LogP contribution in [0.2, 0.25) is 0 Å². The van der Waals surface area contributed by atoms with E-state index >= 15 is 0 Å². The van der Waals surface area contributed by atoms with E-state index in [0.29, 0.717) is 38.9 Å². The average Bonchev–Trinajstić information content (AvgIpc) is 2.69. The summed E-state index contributed by atoms with van der Waals surface area (Å²) >= 11 is 0. The van der Waals surface area contributed by atoms with Crippen LogP contribution in [0.3, 0.4) is 0 Å². The van der Waals surface area contributed by atoms with Crippen LogP contribution in [0.15, 0.2) is 20.0 Å². The quantitative estimate of drug-likeness (QED) is 0.194. The molecule has 0 spiro atoms. The van der Waals surface area contributed by atoms with Gasteiger partial charge in [0.25, 0.3) is 0 Å². The Labute approximate surface area is 157 Å². The van der Waals surface area contributed by atoms with Crippen molar-refractivity contribution >= 4 is 30.3 Å². The summed E-state index contributed by atoms with van der Waals surface area (Å²) in [5, 5.41) is 0. The molecule has 27 heavy (non-hydrogen) atoms. The van der Waals surface area contributed by atoms with E-state index in [1.807, 2.05) is 0 Å². The molecular weight excluding hydrogens is 356 g/mol. The number of carbonyl (C=O) groups excluding carboxylic acids is 5. The van der Waals surface area contributed by atoms with Gasteiger partial charge in [-0.2, -0.15) is 4.99 Å². The summed E-state index contributed by atoms with van der Waals surface area (Å²) in [6.07, 6.45) is 11.2. The van der Waals surface area contributed by atoms with E-state index in [9.17, 15) is 24.0 Å². The fraction of sp³-hybridized carbons (Fsp3) is 0.706. The lowest BCUT2D eigenvalue weighted by molar-refractivity contribution is -0.142. The van der Waals surface area contributed by atoms with Crippen molar-refractivity contribution in [1.29, 1.82) is 0 Å². The Bertz CT molecular complexity index is 562. The summed E-state index contributed by atoms with van der Waals surface area (Å²) in [4.78, 5) is 63.5. The van der Waals surface area contributed by atoms with Crippen molar-refractivity contribution in [2.75, 3.05) is 26.7 Å². The van der Waals surface area contributed by atoms with Crippen LogP contribution in [0, 0.1) is 0 Å². The maximum absolute atomic E-state index is 11.0. The van der Waals surface area contributed by atoms with E-state index in [1.54, 1.807) is 0 Å². The molecule has 0 aliphatic heterocycles. The fourth-order valence-electron chi connectivity index (χ4n) is 1.84. The molecule has 0 aromatic heterocycles. The standard InChI is InChI=1S/C9H12N2O4.C8H12N2O2/c1-15-9(14)8(11-7-13)4-2-3-5-10-6-12;11-7-9-5-3-1-2-4-6-10-8-12/h8H,2-5H2,1H3;1-6H2. The zero-order chi connectivity index (χ0) is 20.6. The first-order chi connectivity index (χ1) is 13.2. The molecule has 0 rings (SSSR count). The predicted molar refractivity (Wildman–Crippen MR) is 95.2 cm³/mol. The Morgan fingerprint density at radius 3 is 1.56 bits per heavy atom. The Hall–Kier alpha value is -3.01. The number of nitrogens with zero attached hydrogens (tertiary/aromatic N) is 4. The van der Waals surface area contributed by atoms with Crippen LogP contribution >= 0.6 is 0 Å². The largest absolute Gasteiger partial charge is 0.467 e. The number of ether oxygens (including phenoxy) is 1. The molecule has 0 saturated carbocycles. The van der Waals surface area contributed by atoms with Gasteiger partial charge in [-0.05, 0) is 32.1 Å². The maximum Gasteiger partial charge on any atom is 0.331 e. The van der Waals surface area contributed by atoms with E-state index in [2.05, 4.69) is 24.7 Å². The molecule has 0 amide bonds. The number of hydrogen-bond acceptors (Lipinski definition) is 10. The monoisotopic (exact) mass is 380 g/mol. The van der Waals surface area contributed by atoms with Gasteiger partial charge in [0.2, 0.25) is 24.3 Å². The molecule has 0 saturated heterocycles. The van der Waals surface area contributed by atoms with Gasteiger partial charge in [0.05, 0.1) is 26.7 Å². The third kappa shape index (κ3) is 20.9. The SMILES string of the molecule is COC(=O)C(CCCCN=C=O)N=C=O.O=C=NCCCCCCN=C=O. The minimum Gasteiger partial charge on any atom is -0.467 e. The molecule has 0 aromatic carbocycles. The van der Waals surface area contributed by atoms with E-state index in [-0.39, 0.29) is 0 Å². The van der Waals surface area contributed by atoms with E-state index < -0.39 is 12.0 Å². The van der Waals surface area contributed by atoms with Crippen molar-refractivity contribution in [3.05, 3.63) is 0 Å². The van der Waals surface area contributed by atoms with Crippen molar-refractivity contribution < 1.29 is 28.7 Å². The normalized spacial score (nSPS) is 9.67. The smallest absolute Gasteiger partial charge is 0.331 e. The summed E-state index contributed by atoms with van der Waals surface area (Å²) in [5.41, 5.74) is 0. The fourth-order valence-corrected chi connectivity index (χ4v) is 1.84. The summed E-state index contributed by atoms with van der Waals surface area (Å²) in [6.45, 7) is 1.48. The zero-order valence-electron chi connectivity index (χ0n) is 15.4. The molecule has 0 radical (unpaired) electrons. The van der Waals surface area contributed by atoms with Crippen LogP contribution in [0.4, 0.5) is 0 Å². The number of aliphatic imine (C=N–C) groups is 4. The summed E-state index contributed by atoms with van der Waals surface area (Å²) < 4.78 is 4.45. The second-order valence-electron chi connectivity index (χ2n) is 5.09. The first-order valence-electron chi connectivity index (χ1n) is 8.43. The van der Waals surface area contributed by atoms with Crippen molar-refractivity contribution in [2.45, 2.75) is 51.0 Å². The van der Waals surface area contributed by atoms with Crippen molar-refractivity contribution in [2.24, 2.45) is 20.0 Å². The summed E-state index contributed by atoms with van der Waals surface area (Å²) in [7, 11) is 1.23. The number of isocyanates is 4. The Morgan fingerprint density at radius 2 is 1.19 bits per heavy atom. The van der Waals surface area contributed by atoms with E-state index in [0.717, 1.165) is 25.7 Å². The molecule has 1 atom stereocenters. The predicted octanol–water partition coefficient (Wildman–Crippen LogP) is 1.59. The third-order valence-electron chi connectivity index (χ3n) is 3.16. The first-order valence-corrected chi connectivity index (χ1v) is 8.43. The maximum atomic E-state index is 11.0. The van der Waals surface area contributed by atoms with E-state index in [4.69, 9.17) is 0 Å². The molecular formula is C17H24N4O6. The van der Waals surface area contributed by atoms with Gasteiger partial charge in [-0.1, -0.05) is 12.8 Å². The number of unbranched alkanes of at least 4 members (excludes halogenated alkanes) is 4. The van der Waals surface area contributed by atoms with Crippen molar-refractivity contribution in [3.8, 4) is 0 Å². The number of methoxy groups -OCH3 is 1. The molecule has 0 bridgehead atoms. The highest BCUT2D eigenvalue weighted by atomic mass is 16.5. The number of esters is 1. The summed E-state index contributed by atoms with van der Waals surface area (Å²) in [6, 6.07) is -0.798. The van der Waals surface area contributed by atoms with Crippen LogP contribution in [0.25, 0.3) is 0 Å². The Morgan fingerprint density at radius 1 is 0.741 bits per heavy atom. The van der Waals surface area contributed by atoms with Gasteiger partial charge in [-0.3, -0.25) is 0 Å².